The molecule has 1 fully saturated rings. The van der Waals surface area contributed by atoms with Crippen molar-refractivity contribution in [1.82, 2.24) is 10.2 Å². The normalized spacial score (nSPS) is 15.1. The van der Waals surface area contributed by atoms with Crippen LogP contribution in [-0.2, 0) is 4.79 Å². The molecule has 1 amide bonds. The second kappa shape index (κ2) is 10.00. The molecule has 7 heteroatoms. The van der Waals surface area contributed by atoms with Gasteiger partial charge in [-0.15, -0.1) is 10.2 Å². The second-order valence-corrected chi connectivity index (χ2v) is 7.80. The number of hydrogen-bond acceptors (Lipinski definition) is 6. The van der Waals surface area contributed by atoms with Gasteiger partial charge in [-0.3, -0.25) is 10.1 Å². The summed E-state index contributed by atoms with van der Waals surface area (Å²) in [6.07, 6.45) is 8.38. The van der Waals surface area contributed by atoms with E-state index < -0.39 is 5.91 Å². The van der Waals surface area contributed by atoms with Crippen LogP contribution < -0.4 is 10.1 Å². The molecular formula is C21H24N4O2S. The minimum atomic E-state index is -0.487. The minimum absolute atomic E-state index is 0.00182. The Hall–Kier alpha value is -2.72. The van der Waals surface area contributed by atoms with Gasteiger partial charge in [0.1, 0.15) is 22.4 Å². The SMILES string of the molecule is CCCOc1ccccc1/C=C(\C#N)C(=O)Nc1nnc(C2CCCCC2)s1. The smallest absolute Gasteiger partial charge is 0.268 e. The van der Waals surface area contributed by atoms with Crippen molar-refractivity contribution in [2.45, 2.75) is 51.4 Å². The monoisotopic (exact) mass is 396 g/mol. The molecule has 146 valence electrons. The molecule has 1 heterocycles. The standard InChI is InChI=1S/C21H24N4O2S/c1-2-12-27-18-11-7-6-10-16(18)13-17(14-22)19(26)23-21-25-24-20(28-21)15-8-4-3-5-9-15/h6-7,10-11,13,15H,2-5,8-9,12H2,1H3,(H,23,25,26)/b17-13+. The molecule has 3 rings (SSSR count). The van der Waals surface area contributed by atoms with E-state index in [-0.39, 0.29) is 5.57 Å². The molecule has 1 aliphatic rings. The molecule has 1 aromatic heterocycles. The van der Waals surface area contributed by atoms with Crippen molar-refractivity contribution < 1.29 is 9.53 Å². The van der Waals surface area contributed by atoms with Crippen LogP contribution in [0.25, 0.3) is 6.08 Å². The molecule has 6 nitrogen and oxygen atoms in total. The van der Waals surface area contributed by atoms with Gasteiger partial charge in [0.25, 0.3) is 5.91 Å². The van der Waals surface area contributed by atoms with E-state index >= 15 is 0 Å². The van der Waals surface area contributed by atoms with E-state index in [0.29, 0.717) is 29.0 Å². The maximum atomic E-state index is 12.6. The lowest BCUT2D eigenvalue weighted by molar-refractivity contribution is -0.112. The molecule has 1 aliphatic carbocycles. The molecule has 0 aliphatic heterocycles. The number of nitrogens with one attached hydrogen (secondary N) is 1. The van der Waals surface area contributed by atoms with Gasteiger partial charge in [0.05, 0.1) is 6.61 Å². The summed E-state index contributed by atoms with van der Waals surface area (Å²) in [7, 11) is 0. The molecule has 28 heavy (non-hydrogen) atoms. The topological polar surface area (TPSA) is 87.9 Å². The first-order valence-corrected chi connectivity index (χ1v) is 10.5. The third kappa shape index (κ3) is 5.17. The Morgan fingerprint density at radius 2 is 2.11 bits per heavy atom. The van der Waals surface area contributed by atoms with Crippen molar-refractivity contribution in [2.24, 2.45) is 0 Å². The van der Waals surface area contributed by atoms with Crippen LogP contribution in [0.15, 0.2) is 29.8 Å². The van der Waals surface area contributed by atoms with Gasteiger partial charge in [0.15, 0.2) is 0 Å². The lowest BCUT2D eigenvalue weighted by Gasteiger charge is -2.18. The molecule has 0 atom stereocenters. The van der Waals surface area contributed by atoms with Crippen LogP contribution in [-0.4, -0.2) is 22.7 Å². The lowest BCUT2D eigenvalue weighted by Crippen LogP contribution is -2.13. The predicted octanol–water partition coefficient (Wildman–Crippen LogP) is 4.92. The van der Waals surface area contributed by atoms with E-state index in [1.807, 2.05) is 37.3 Å². The van der Waals surface area contributed by atoms with E-state index in [1.165, 1.54) is 30.6 Å². The molecule has 1 saturated carbocycles. The molecule has 0 spiro atoms. The highest BCUT2D eigenvalue weighted by atomic mass is 32.1. The van der Waals surface area contributed by atoms with Crippen LogP contribution >= 0.6 is 11.3 Å². The average molecular weight is 397 g/mol. The van der Waals surface area contributed by atoms with E-state index in [0.717, 1.165) is 24.3 Å². The number of hydrogen-bond donors (Lipinski definition) is 1. The summed E-state index contributed by atoms with van der Waals surface area (Å²) in [6, 6.07) is 9.33. The lowest BCUT2D eigenvalue weighted by atomic mass is 9.90. The largest absolute Gasteiger partial charge is 0.493 e. The summed E-state index contributed by atoms with van der Waals surface area (Å²) in [5.41, 5.74) is 0.699. The molecular weight excluding hydrogens is 372 g/mol. The number of nitrogens with zero attached hydrogens (tertiary/aromatic N) is 3. The highest BCUT2D eigenvalue weighted by Gasteiger charge is 2.21. The van der Waals surface area contributed by atoms with E-state index in [2.05, 4.69) is 15.5 Å². The molecule has 0 saturated heterocycles. The van der Waals surface area contributed by atoms with Crippen molar-refractivity contribution in [3.05, 3.63) is 40.4 Å². The molecule has 0 bridgehead atoms. The summed E-state index contributed by atoms with van der Waals surface area (Å²) >= 11 is 1.40. The average Bonchev–Trinajstić information content (AvgIpc) is 3.20. The molecule has 2 aromatic rings. The van der Waals surface area contributed by atoms with Crippen LogP contribution in [0.5, 0.6) is 5.75 Å². The Balaban J connectivity index is 1.71. The molecule has 0 unspecified atom stereocenters. The summed E-state index contributed by atoms with van der Waals surface area (Å²) in [5.74, 6) is 0.602. The Kier molecular flexibility index (Phi) is 7.15. The fourth-order valence-corrected chi connectivity index (χ4v) is 4.12. The van der Waals surface area contributed by atoms with Crippen LogP contribution in [0.4, 0.5) is 5.13 Å². The summed E-state index contributed by atoms with van der Waals surface area (Å²) < 4.78 is 5.69. The quantitative estimate of drug-likeness (QED) is 0.530. The number of para-hydroxylation sites is 1. The van der Waals surface area contributed by atoms with Crippen molar-refractivity contribution in [3.8, 4) is 11.8 Å². The number of carbonyl (C=O) groups excluding carboxylic acids is 1. The van der Waals surface area contributed by atoms with Crippen molar-refractivity contribution in [2.75, 3.05) is 11.9 Å². The van der Waals surface area contributed by atoms with Gasteiger partial charge in [-0.05, 0) is 31.4 Å². The van der Waals surface area contributed by atoms with Gasteiger partial charge < -0.3 is 4.74 Å². The van der Waals surface area contributed by atoms with Crippen molar-refractivity contribution in [1.29, 1.82) is 5.26 Å². The zero-order valence-corrected chi connectivity index (χ0v) is 16.8. The van der Waals surface area contributed by atoms with Gasteiger partial charge in [0.2, 0.25) is 5.13 Å². The molecule has 1 aromatic carbocycles. The number of carbonyl (C=O) groups is 1. The highest BCUT2D eigenvalue weighted by molar-refractivity contribution is 7.15. The number of aromatic nitrogens is 2. The number of amides is 1. The maximum absolute atomic E-state index is 12.6. The van der Waals surface area contributed by atoms with Crippen molar-refractivity contribution in [3.63, 3.8) is 0 Å². The third-order valence-corrected chi connectivity index (χ3v) is 5.66. The first kappa shape index (κ1) is 20.0. The Morgan fingerprint density at radius 3 is 2.86 bits per heavy atom. The van der Waals surface area contributed by atoms with Gasteiger partial charge in [0, 0.05) is 11.5 Å². The Bertz CT molecular complexity index is 879. The predicted molar refractivity (Wildman–Crippen MR) is 110 cm³/mol. The number of anilines is 1. The third-order valence-electron chi connectivity index (χ3n) is 4.66. The van der Waals surface area contributed by atoms with Gasteiger partial charge >= 0.3 is 0 Å². The number of rotatable bonds is 7. The second-order valence-electron chi connectivity index (χ2n) is 6.79. The zero-order chi connectivity index (χ0) is 19.8. The Labute approximate surface area is 169 Å². The highest BCUT2D eigenvalue weighted by Crippen LogP contribution is 2.35. The van der Waals surface area contributed by atoms with Crippen LogP contribution in [0.1, 0.15) is 61.9 Å². The van der Waals surface area contributed by atoms with E-state index in [9.17, 15) is 10.1 Å². The molecule has 0 radical (unpaired) electrons. The van der Waals surface area contributed by atoms with E-state index in [4.69, 9.17) is 4.74 Å². The number of nitriles is 1. The van der Waals surface area contributed by atoms with Crippen molar-refractivity contribution >= 4 is 28.5 Å². The Morgan fingerprint density at radius 1 is 1.32 bits per heavy atom. The van der Waals surface area contributed by atoms with Gasteiger partial charge in [-0.25, -0.2) is 0 Å². The van der Waals surface area contributed by atoms with Crippen LogP contribution in [0.3, 0.4) is 0 Å². The van der Waals surface area contributed by atoms with Crippen LogP contribution in [0.2, 0.25) is 0 Å². The van der Waals surface area contributed by atoms with Gasteiger partial charge in [-0.1, -0.05) is 55.7 Å². The van der Waals surface area contributed by atoms with Gasteiger partial charge in [-0.2, -0.15) is 5.26 Å². The zero-order valence-electron chi connectivity index (χ0n) is 16.0. The van der Waals surface area contributed by atoms with Crippen LogP contribution in [0, 0.1) is 11.3 Å². The van der Waals surface area contributed by atoms with E-state index in [1.54, 1.807) is 6.08 Å². The summed E-state index contributed by atoms with van der Waals surface area (Å²) in [4.78, 5) is 12.6. The fraction of sp³-hybridized carbons (Fsp3) is 0.429. The fourth-order valence-electron chi connectivity index (χ4n) is 3.21. The number of benzene rings is 1. The summed E-state index contributed by atoms with van der Waals surface area (Å²) in [6.45, 7) is 2.60. The first-order chi connectivity index (χ1) is 13.7. The molecule has 1 N–H and O–H groups in total. The number of ether oxygens (including phenoxy) is 1. The minimum Gasteiger partial charge on any atom is -0.493 e. The maximum Gasteiger partial charge on any atom is 0.268 e. The first-order valence-electron chi connectivity index (χ1n) is 9.69. The summed E-state index contributed by atoms with van der Waals surface area (Å²) in [5, 5.41) is 21.9.